The molecule has 3 aromatic heterocycles. The van der Waals surface area contributed by atoms with Crippen LogP contribution in [0.4, 0.5) is 0 Å². The van der Waals surface area contributed by atoms with Gasteiger partial charge in [0.1, 0.15) is 17.2 Å². The van der Waals surface area contributed by atoms with E-state index in [2.05, 4.69) is 53.5 Å². The number of benzene rings is 2. The number of nitrogens with zero attached hydrogens (tertiary/aromatic N) is 6. The van der Waals surface area contributed by atoms with Crippen molar-refractivity contribution in [2.75, 3.05) is 7.11 Å². The van der Waals surface area contributed by atoms with Crippen LogP contribution >= 0.6 is 0 Å². The van der Waals surface area contributed by atoms with Gasteiger partial charge >= 0.3 is 0 Å². The Labute approximate surface area is 204 Å². The van der Waals surface area contributed by atoms with Crippen molar-refractivity contribution in [2.45, 2.75) is 32.2 Å². The minimum atomic E-state index is 0.213. The predicted octanol–water partition coefficient (Wildman–Crippen LogP) is 5.44. The van der Waals surface area contributed by atoms with Crippen molar-refractivity contribution in [1.29, 1.82) is 0 Å². The Morgan fingerprint density at radius 3 is 2.46 bits per heavy atom. The number of rotatable bonds is 5. The molecule has 0 saturated heterocycles. The number of aromatic nitrogens is 6. The third kappa shape index (κ3) is 3.99. The van der Waals surface area contributed by atoms with Crippen LogP contribution in [0.25, 0.3) is 28.3 Å². The zero-order valence-electron chi connectivity index (χ0n) is 19.8. The molecule has 0 saturated carbocycles. The quantitative estimate of drug-likeness (QED) is 0.348. The fourth-order valence-electron chi connectivity index (χ4n) is 4.77. The maximum Gasteiger partial charge on any atom is 0.238 e. The topological polar surface area (TPSA) is 70.7 Å². The summed E-state index contributed by atoms with van der Waals surface area (Å²) < 4.78 is 9.54. The molecule has 0 unspecified atom stereocenters. The molecule has 0 bridgehead atoms. The van der Waals surface area contributed by atoms with Gasteiger partial charge in [-0.25, -0.2) is 19.6 Å². The molecular weight excluding hydrogens is 436 g/mol. The van der Waals surface area contributed by atoms with E-state index in [1.54, 1.807) is 13.4 Å². The number of hydrogen-bond donors (Lipinski definition) is 0. The second-order valence-corrected chi connectivity index (χ2v) is 8.85. The van der Waals surface area contributed by atoms with Gasteiger partial charge in [0.15, 0.2) is 5.82 Å². The van der Waals surface area contributed by atoms with Gasteiger partial charge in [-0.2, -0.15) is 0 Å². The van der Waals surface area contributed by atoms with E-state index in [1.165, 1.54) is 16.7 Å². The highest BCUT2D eigenvalue weighted by Gasteiger charge is 2.27. The molecule has 6 rings (SSSR count). The second-order valence-electron chi connectivity index (χ2n) is 8.85. The number of hydrogen-bond acceptors (Lipinski definition) is 5. The van der Waals surface area contributed by atoms with E-state index >= 15 is 0 Å². The minimum Gasteiger partial charge on any atom is -0.479 e. The summed E-state index contributed by atoms with van der Waals surface area (Å²) in [5.41, 5.74) is 6.17. The van der Waals surface area contributed by atoms with E-state index in [0.29, 0.717) is 17.4 Å². The first-order chi connectivity index (χ1) is 17.2. The summed E-state index contributed by atoms with van der Waals surface area (Å²) >= 11 is 0. The lowest BCUT2D eigenvalue weighted by molar-refractivity contribution is 0.396. The summed E-state index contributed by atoms with van der Waals surface area (Å²) in [6, 6.07) is 23.2. The van der Waals surface area contributed by atoms with E-state index < -0.39 is 0 Å². The largest absolute Gasteiger partial charge is 0.479 e. The Morgan fingerprint density at radius 2 is 1.71 bits per heavy atom. The summed E-state index contributed by atoms with van der Waals surface area (Å²) in [6.07, 6.45) is 5.82. The van der Waals surface area contributed by atoms with Gasteiger partial charge in [0, 0.05) is 18.7 Å². The molecule has 0 aliphatic carbocycles. The van der Waals surface area contributed by atoms with Crippen LogP contribution in [0.2, 0.25) is 0 Å². The fraction of sp³-hybridized carbons (Fsp3) is 0.214. The Morgan fingerprint density at radius 1 is 0.914 bits per heavy atom. The molecule has 0 amide bonds. The van der Waals surface area contributed by atoms with Crippen LogP contribution < -0.4 is 4.74 Å². The molecule has 1 aliphatic rings. The molecule has 7 heteroatoms. The van der Waals surface area contributed by atoms with Gasteiger partial charge in [-0.1, -0.05) is 54.6 Å². The van der Waals surface area contributed by atoms with E-state index in [-0.39, 0.29) is 5.92 Å². The molecule has 0 radical (unpaired) electrons. The summed E-state index contributed by atoms with van der Waals surface area (Å²) in [4.78, 5) is 14.0. The van der Waals surface area contributed by atoms with Crippen LogP contribution in [0.1, 0.15) is 35.8 Å². The van der Waals surface area contributed by atoms with Gasteiger partial charge in [-0.15, -0.1) is 5.10 Å². The van der Waals surface area contributed by atoms with E-state index in [4.69, 9.17) is 19.8 Å². The Kier molecular flexibility index (Phi) is 5.37. The number of imidazole rings is 1. The number of fused-ring (bicyclic) bond motifs is 1. The molecule has 7 nitrogen and oxygen atoms in total. The predicted molar refractivity (Wildman–Crippen MR) is 135 cm³/mol. The summed E-state index contributed by atoms with van der Waals surface area (Å²) in [6.45, 7) is 2.82. The van der Waals surface area contributed by atoms with Gasteiger partial charge in [0.25, 0.3) is 0 Å². The van der Waals surface area contributed by atoms with Crippen molar-refractivity contribution < 1.29 is 4.74 Å². The number of ether oxygens (including phenoxy) is 1. The molecule has 1 atom stereocenters. The van der Waals surface area contributed by atoms with Crippen molar-refractivity contribution in [2.24, 2.45) is 0 Å². The molecule has 4 heterocycles. The lowest BCUT2D eigenvalue weighted by Crippen LogP contribution is -2.17. The van der Waals surface area contributed by atoms with E-state index in [0.717, 1.165) is 36.6 Å². The van der Waals surface area contributed by atoms with Gasteiger partial charge in [-0.3, -0.25) is 0 Å². The van der Waals surface area contributed by atoms with Crippen molar-refractivity contribution in [1.82, 2.24) is 29.3 Å². The van der Waals surface area contributed by atoms with Crippen molar-refractivity contribution >= 4 is 0 Å². The molecule has 35 heavy (non-hydrogen) atoms. The zero-order valence-corrected chi connectivity index (χ0v) is 19.8. The van der Waals surface area contributed by atoms with Gasteiger partial charge in [0.2, 0.25) is 5.88 Å². The minimum absolute atomic E-state index is 0.213. The summed E-state index contributed by atoms with van der Waals surface area (Å²) in [5.74, 6) is 2.35. The Balaban J connectivity index is 1.32. The second kappa shape index (κ2) is 8.83. The maximum atomic E-state index is 5.59. The normalized spacial score (nSPS) is 15.1. The highest BCUT2D eigenvalue weighted by molar-refractivity contribution is 5.63. The van der Waals surface area contributed by atoms with Gasteiger partial charge in [0.05, 0.1) is 19.1 Å². The molecule has 1 aliphatic heterocycles. The first kappa shape index (κ1) is 21.3. The Hall–Kier alpha value is -4.26. The molecule has 0 fully saturated rings. The van der Waals surface area contributed by atoms with Gasteiger partial charge in [-0.05, 0) is 48.6 Å². The lowest BCUT2D eigenvalue weighted by Gasteiger charge is -2.22. The highest BCUT2D eigenvalue weighted by atomic mass is 16.5. The molecule has 174 valence electrons. The monoisotopic (exact) mass is 462 g/mol. The van der Waals surface area contributed by atoms with Crippen LogP contribution in [0.5, 0.6) is 5.88 Å². The summed E-state index contributed by atoms with van der Waals surface area (Å²) in [5, 5.41) is 4.81. The third-order valence-electron chi connectivity index (χ3n) is 6.55. The first-order valence-corrected chi connectivity index (χ1v) is 11.9. The highest BCUT2D eigenvalue weighted by Crippen LogP contribution is 2.35. The first-order valence-electron chi connectivity index (χ1n) is 11.9. The number of methoxy groups -OCH3 is 1. The molecule has 2 aromatic carbocycles. The smallest absolute Gasteiger partial charge is 0.238 e. The van der Waals surface area contributed by atoms with Crippen molar-refractivity contribution in [3.05, 3.63) is 96.3 Å². The fourth-order valence-corrected chi connectivity index (χ4v) is 4.77. The number of pyridine rings is 1. The third-order valence-corrected chi connectivity index (χ3v) is 6.55. The average molecular weight is 463 g/mol. The maximum absolute atomic E-state index is 5.59. The SMILES string of the molecule is COc1nc(-c2nc3n(n2)CCC[C@@H]3c2ccc(-c3ccccc3)cc2)ccc1-n1cnc(C)c1. The zero-order chi connectivity index (χ0) is 23.8. The van der Waals surface area contributed by atoms with Crippen LogP contribution in [0, 0.1) is 6.92 Å². The molecule has 5 aromatic rings. The van der Waals surface area contributed by atoms with Gasteiger partial charge < -0.3 is 9.30 Å². The Bertz CT molecular complexity index is 1470. The molecule has 0 N–H and O–H groups in total. The standard InChI is InChI=1S/C28H26N6O/c1-19-17-33(18-29-19)25-15-14-24(30-28(25)35-2)26-31-27-23(9-6-16-34(27)32-26)22-12-10-21(11-13-22)20-7-4-3-5-8-20/h3-5,7-8,10-15,17-18,23H,6,9,16H2,1-2H3/t23-/m1/s1. The van der Waals surface area contributed by atoms with Crippen molar-refractivity contribution in [3.8, 4) is 34.2 Å². The lowest BCUT2D eigenvalue weighted by atomic mass is 9.90. The summed E-state index contributed by atoms with van der Waals surface area (Å²) in [7, 11) is 1.63. The van der Waals surface area contributed by atoms with Crippen molar-refractivity contribution in [3.63, 3.8) is 0 Å². The van der Waals surface area contributed by atoms with Crippen LogP contribution in [0.3, 0.4) is 0 Å². The van der Waals surface area contributed by atoms with Crippen LogP contribution in [-0.2, 0) is 6.54 Å². The van der Waals surface area contributed by atoms with E-state index in [1.807, 2.05) is 40.6 Å². The molecular formula is C28H26N6O. The van der Waals surface area contributed by atoms with Crippen LogP contribution in [-0.4, -0.2) is 36.4 Å². The van der Waals surface area contributed by atoms with Crippen LogP contribution in [0.15, 0.2) is 79.3 Å². The van der Waals surface area contributed by atoms with E-state index in [9.17, 15) is 0 Å². The molecule has 0 spiro atoms. The average Bonchev–Trinajstić information content (AvgIpc) is 3.55. The number of aryl methyl sites for hydroxylation is 2.